The maximum absolute atomic E-state index is 12.8. The molecular weight excluding hydrogens is 358 g/mol. The number of hydrogen-bond acceptors (Lipinski definition) is 7. The van der Waals surface area contributed by atoms with Gasteiger partial charge >= 0.3 is 0 Å². The number of nitrogens with zero attached hydrogens (tertiary/aromatic N) is 1. The number of allylic oxidation sites excluding steroid dienone is 1. The minimum atomic E-state index is -3.94. The van der Waals surface area contributed by atoms with Gasteiger partial charge in [0.25, 0.3) is 0 Å². The fourth-order valence-corrected chi connectivity index (χ4v) is 4.62. The van der Waals surface area contributed by atoms with E-state index < -0.39 is 15.9 Å². The number of sulfonamides is 1. The van der Waals surface area contributed by atoms with E-state index in [2.05, 4.69) is 5.32 Å². The van der Waals surface area contributed by atoms with Gasteiger partial charge in [-0.25, -0.2) is 8.42 Å². The van der Waals surface area contributed by atoms with E-state index in [-0.39, 0.29) is 48.6 Å². The van der Waals surface area contributed by atoms with E-state index >= 15 is 0 Å². The van der Waals surface area contributed by atoms with Crippen LogP contribution in [0, 0.1) is 5.92 Å². The third kappa shape index (κ3) is 3.26. The zero-order valence-electron chi connectivity index (χ0n) is 14.0. The van der Waals surface area contributed by atoms with Crippen molar-refractivity contribution < 1.29 is 23.4 Å². The van der Waals surface area contributed by atoms with Crippen LogP contribution in [0.2, 0.25) is 0 Å². The number of nitrogens with one attached hydrogen (secondary N) is 1. The van der Waals surface area contributed by atoms with E-state index in [1.54, 1.807) is 18.2 Å². The van der Waals surface area contributed by atoms with Crippen molar-refractivity contribution in [1.82, 2.24) is 4.31 Å². The van der Waals surface area contributed by atoms with Crippen LogP contribution in [-0.2, 0) is 10.0 Å². The molecule has 0 saturated carbocycles. The first-order valence-electron chi connectivity index (χ1n) is 8.20. The highest BCUT2D eigenvalue weighted by Gasteiger charge is 2.35. The van der Waals surface area contributed by atoms with Crippen LogP contribution in [0.4, 0.5) is 5.69 Å². The van der Waals surface area contributed by atoms with Gasteiger partial charge in [-0.05, 0) is 30.4 Å². The molecule has 2 atom stereocenters. The molecule has 0 saturated heterocycles. The summed E-state index contributed by atoms with van der Waals surface area (Å²) in [6, 6.07) is 4.08. The van der Waals surface area contributed by atoms with Crippen molar-refractivity contribution in [2.24, 2.45) is 11.7 Å². The Morgan fingerprint density at radius 3 is 2.54 bits per heavy atom. The first-order chi connectivity index (χ1) is 12.4. The molecule has 5 N–H and O–H groups in total. The predicted molar refractivity (Wildman–Crippen MR) is 96.0 cm³/mol. The van der Waals surface area contributed by atoms with E-state index in [4.69, 9.17) is 15.9 Å². The Balaban J connectivity index is 1.99. The van der Waals surface area contributed by atoms with E-state index in [9.17, 15) is 13.2 Å². The molecule has 26 heavy (non-hydrogen) atoms. The average Bonchev–Trinajstić information content (AvgIpc) is 2.62. The van der Waals surface area contributed by atoms with Crippen molar-refractivity contribution in [2.75, 3.05) is 31.6 Å². The van der Waals surface area contributed by atoms with Gasteiger partial charge in [-0.15, -0.1) is 0 Å². The number of benzene rings is 1. The lowest BCUT2D eigenvalue weighted by Crippen LogP contribution is -2.39. The van der Waals surface area contributed by atoms with Gasteiger partial charge in [0, 0.05) is 30.0 Å². The van der Waals surface area contributed by atoms with Crippen molar-refractivity contribution in [3.05, 3.63) is 47.7 Å². The summed E-state index contributed by atoms with van der Waals surface area (Å²) >= 11 is 0. The second-order valence-corrected chi connectivity index (χ2v) is 8.08. The number of aliphatic hydroxyl groups excluding tert-OH is 2. The van der Waals surface area contributed by atoms with Gasteiger partial charge in [0.05, 0.1) is 30.1 Å². The molecule has 0 bridgehead atoms. The van der Waals surface area contributed by atoms with Gasteiger partial charge in [-0.2, -0.15) is 4.31 Å². The molecule has 0 amide bonds. The molecule has 0 radical (unpaired) electrons. The number of carbonyl (C=O) groups excluding carboxylic acids is 1. The summed E-state index contributed by atoms with van der Waals surface area (Å²) in [6.45, 7) is -1.02. The monoisotopic (exact) mass is 379 g/mol. The van der Waals surface area contributed by atoms with Gasteiger partial charge in [0.2, 0.25) is 10.0 Å². The number of fused-ring (bicyclic) bond motifs is 2. The molecule has 8 nitrogen and oxygen atoms in total. The summed E-state index contributed by atoms with van der Waals surface area (Å²) in [4.78, 5) is 12.8. The van der Waals surface area contributed by atoms with Gasteiger partial charge < -0.3 is 21.3 Å². The number of hydrogen-bond donors (Lipinski definition) is 4. The lowest BCUT2D eigenvalue weighted by molar-refractivity contribution is 0.0935. The van der Waals surface area contributed by atoms with Crippen LogP contribution in [0.1, 0.15) is 10.4 Å². The number of Topliss-reactive ketones (excluding diaryl/α,β-unsaturated/α-hetero) is 1. The van der Waals surface area contributed by atoms with Crippen LogP contribution < -0.4 is 11.1 Å². The Morgan fingerprint density at radius 2 is 1.88 bits per heavy atom. The van der Waals surface area contributed by atoms with Crippen molar-refractivity contribution in [1.29, 1.82) is 0 Å². The van der Waals surface area contributed by atoms with Crippen molar-refractivity contribution in [2.45, 2.75) is 10.9 Å². The van der Waals surface area contributed by atoms with Crippen LogP contribution in [0.25, 0.3) is 0 Å². The van der Waals surface area contributed by atoms with Crippen LogP contribution in [0.3, 0.4) is 0 Å². The van der Waals surface area contributed by atoms with E-state index in [1.165, 1.54) is 12.1 Å². The quantitative estimate of drug-likeness (QED) is 0.532. The molecule has 0 aromatic heterocycles. The zero-order valence-corrected chi connectivity index (χ0v) is 14.8. The molecule has 1 aliphatic heterocycles. The minimum Gasteiger partial charge on any atom is -0.399 e. The smallest absolute Gasteiger partial charge is 0.243 e. The first kappa shape index (κ1) is 18.6. The fraction of sp³-hybridized carbons (Fsp3) is 0.353. The normalized spacial score (nSPS) is 21.8. The lowest BCUT2D eigenvalue weighted by atomic mass is 9.83. The van der Waals surface area contributed by atoms with Crippen molar-refractivity contribution in [3.63, 3.8) is 0 Å². The zero-order chi connectivity index (χ0) is 18.9. The summed E-state index contributed by atoms with van der Waals surface area (Å²) < 4.78 is 26.5. The Bertz CT molecular complexity index is 872. The molecule has 1 aliphatic carbocycles. The Morgan fingerprint density at radius 1 is 1.19 bits per heavy atom. The second kappa shape index (κ2) is 7.20. The van der Waals surface area contributed by atoms with Crippen molar-refractivity contribution >= 4 is 21.5 Å². The molecule has 0 spiro atoms. The molecule has 1 heterocycles. The third-order valence-corrected chi connectivity index (χ3v) is 6.37. The molecule has 2 unspecified atom stereocenters. The molecule has 1 aromatic rings. The highest BCUT2D eigenvalue weighted by Crippen LogP contribution is 2.34. The SMILES string of the molecule is NC1=CC2C(=O)c3cc(S(=O)(=O)N(CCO)CCO)ccc3NC2C=C1. The molecule has 1 aromatic carbocycles. The number of anilines is 1. The van der Waals surface area contributed by atoms with Crippen LogP contribution in [-0.4, -0.2) is 61.1 Å². The van der Waals surface area contributed by atoms with Gasteiger partial charge in [-0.1, -0.05) is 6.08 Å². The topological polar surface area (TPSA) is 133 Å². The van der Waals surface area contributed by atoms with Gasteiger partial charge in [0.15, 0.2) is 5.78 Å². The standard InChI is InChI=1S/C17H21N3O5S/c18-11-1-3-15-13(9-11)17(23)14-10-12(2-4-16(14)19-15)26(24,25)20(5-7-21)6-8-22/h1-4,9-10,13,15,19,21-22H,5-8,18H2. The highest BCUT2D eigenvalue weighted by molar-refractivity contribution is 7.89. The minimum absolute atomic E-state index is 0.0601. The fourth-order valence-electron chi connectivity index (χ4n) is 3.17. The van der Waals surface area contributed by atoms with Crippen molar-refractivity contribution in [3.8, 4) is 0 Å². The third-order valence-electron chi connectivity index (χ3n) is 4.47. The van der Waals surface area contributed by atoms with E-state index in [0.717, 1.165) is 4.31 Å². The summed E-state index contributed by atoms with van der Waals surface area (Å²) in [5, 5.41) is 21.4. The average molecular weight is 379 g/mol. The highest BCUT2D eigenvalue weighted by atomic mass is 32.2. The Kier molecular flexibility index (Phi) is 5.15. The van der Waals surface area contributed by atoms with Gasteiger partial charge in [-0.3, -0.25) is 4.79 Å². The molecular formula is C17H21N3O5S. The number of carbonyl (C=O) groups is 1. The number of rotatable bonds is 6. The predicted octanol–water partition coefficient (Wildman–Crippen LogP) is -0.333. The molecule has 140 valence electrons. The molecule has 3 rings (SSSR count). The summed E-state index contributed by atoms with van der Waals surface area (Å²) in [5.74, 6) is -0.694. The molecule has 0 fully saturated rings. The summed E-state index contributed by atoms with van der Waals surface area (Å²) in [6.07, 6.45) is 5.20. The first-order valence-corrected chi connectivity index (χ1v) is 9.64. The largest absolute Gasteiger partial charge is 0.399 e. The Hall–Kier alpha value is -2.20. The maximum Gasteiger partial charge on any atom is 0.243 e. The van der Waals surface area contributed by atoms with Gasteiger partial charge in [0.1, 0.15) is 0 Å². The summed E-state index contributed by atoms with van der Waals surface area (Å²) in [7, 11) is -3.94. The second-order valence-electron chi connectivity index (χ2n) is 6.14. The summed E-state index contributed by atoms with van der Waals surface area (Å²) in [5.41, 5.74) is 7.10. The van der Waals surface area contributed by atoms with E-state index in [0.29, 0.717) is 11.4 Å². The van der Waals surface area contributed by atoms with Crippen LogP contribution >= 0.6 is 0 Å². The lowest BCUT2D eigenvalue weighted by Gasteiger charge is -2.32. The number of ketones is 1. The Labute approximate surface area is 151 Å². The number of aliphatic hydroxyl groups is 2. The molecule has 9 heteroatoms. The maximum atomic E-state index is 12.8. The van der Waals surface area contributed by atoms with Crippen LogP contribution in [0.15, 0.2) is 47.0 Å². The van der Waals surface area contributed by atoms with E-state index in [1.807, 2.05) is 6.08 Å². The van der Waals surface area contributed by atoms with Crippen LogP contribution in [0.5, 0.6) is 0 Å². The number of nitrogens with two attached hydrogens (primary N) is 1. The molecule has 2 aliphatic rings.